The van der Waals surface area contributed by atoms with E-state index in [1.54, 1.807) is 6.20 Å². The summed E-state index contributed by atoms with van der Waals surface area (Å²) in [5.41, 5.74) is 2.36. The largest absolute Gasteiger partial charge is 0.376 e. The molecule has 1 unspecified atom stereocenters. The number of H-pyrrole nitrogens is 1. The highest BCUT2D eigenvalue weighted by atomic mass is 16.5. The van der Waals surface area contributed by atoms with Crippen LogP contribution < -0.4 is 0 Å². The normalized spacial score (nSPS) is 17.6. The first-order valence-electron chi connectivity index (χ1n) is 7.79. The second-order valence-corrected chi connectivity index (χ2v) is 5.50. The number of aromatic amines is 1. The van der Waals surface area contributed by atoms with Gasteiger partial charge in [0.15, 0.2) is 0 Å². The zero-order chi connectivity index (χ0) is 15.4. The highest BCUT2D eigenvalue weighted by molar-refractivity contribution is 5.99. The van der Waals surface area contributed by atoms with Crippen LogP contribution in [-0.4, -0.2) is 46.8 Å². The summed E-state index contributed by atoms with van der Waals surface area (Å²) in [5, 5.41) is 7.01. The van der Waals surface area contributed by atoms with E-state index in [1.807, 2.05) is 42.2 Å². The van der Waals surface area contributed by atoms with Crippen LogP contribution in [-0.2, 0) is 4.74 Å². The summed E-state index contributed by atoms with van der Waals surface area (Å²) in [7, 11) is 0. The highest BCUT2D eigenvalue weighted by Gasteiger charge is 2.25. The third kappa shape index (κ3) is 3.04. The molecule has 22 heavy (non-hydrogen) atoms. The van der Waals surface area contributed by atoms with Crippen LogP contribution in [0, 0.1) is 0 Å². The number of likely N-dealkylation sites (N-methyl/N-ethyl adjacent to an activating group) is 1. The zero-order valence-corrected chi connectivity index (χ0v) is 12.8. The Morgan fingerprint density at radius 2 is 2.23 bits per heavy atom. The van der Waals surface area contributed by atoms with Crippen LogP contribution in [0.15, 0.2) is 36.5 Å². The zero-order valence-electron chi connectivity index (χ0n) is 12.8. The van der Waals surface area contributed by atoms with Gasteiger partial charge in [0.25, 0.3) is 5.91 Å². The van der Waals surface area contributed by atoms with Gasteiger partial charge in [-0.25, -0.2) is 0 Å². The maximum atomic E-state index is 12.8. The lowest BCUT2D eigenvalue weighted by atomic mass is 10.1. The Kier molecular flexibility index (Phi) is 4.53. The van der Waals surface area contributed by atoms with Crippen LogP contribution in [0.3, 0.4) is 0 Å². The number of benzene rings is 1. The Bertz CT molecular complexity index is 618. The molecule has 116 valence electrons. The summed E-state index contributed by atoms with van der Waals surface area (Å²) in [6, 6.07) is 9.81. The van der Waals surface area contributed by atoms with Gasteiger partial charge in [-0.05, 0) is 19.8 Å². The molecule has 1 amide bonds. The SMILES string of the molecule is CCN(CC1CCCO1)C(=O)c1cn[nH]c1-c1ccccc1. The minimum absolute atomic E-state index is 0.00519. The molecule has 1 fully saturated rings. The molecule has 0 spiro atoms. The summed E-state index contributed by atoms with van der Waals surface area (Å²) in [6.45, 7) is 4.11. The molecule has 1 aliphatic rings. The molecule has 0 bridgehead atoms. The Morgan fingerprint density at radius 3 is 2.91 bits per heavy atom. The van der Waals surface area contributed by atoms with Crippen LogP contribution >= 0.6 is 0 Å². The maximum absolute atomic E-state index is 12.8. The van der Waals surface area contributed by atoms with Crippen molar-refractivity contribution < 1.29 is 9.53 Å². The van der Waals surface area contributed by atoms with Crippen molar-refractivity contribution in [3.63, 3.8) is 0 Å². The Morgan fingerprint density at radius 1 is 1.41 bits per heavy atom. The van der Waals surface area contributed by atoms with E-state index in [4.69, 9.17) is 4.74 Å². The molecular formula is C17H21N3O2. The molecule has 0 radical (unpaired) electrons. The van der Waals surface area contributed by atoms with Crippen molar-refractivity contribution >= 4 is 5.91 Å². The Hall–Kier alpha value is -2.14. The molecule has 3 rings (SSSR count). The molecule has 1 atom stereocenters. The van der Waals surface area contributed by atoms with E-state index in [0.29, 0.717) is 18.7 Å². The molecule has 1 saturated heterocycles. The molecule has 1 aromatic carbocycles. The van der Waals surface area contributed by atoms with E-state index in [1.165, 1.54) is 0 Å². The van der Waals surface area contributed by atoms with Crippen molar-refractivity contribution in [1.29, 1.82) is 0 Å². The number of carbonyl (C=O) groups excluding carboxylic acids is 1. The third-order valence-corrected chi connectivity index (χ3v) is 4.05. The molecule has 5 nitrogen and oxygen atoms in total. The summed E-state index contributed by atoms with van der Waals surface area (Å²) >= 11 is 0. The average molecular weight is 299 g/mol. The van der Waals surface area contributed by atoms with Gasteiger partial charge in [-0.15, -0.1) is 0 Å². The molecule has 0 saturated carbocycles. The van der Waals surface area contributed by atoms with E-state index in [9.17, 15) is 4.79 Å². The lowest BCUT2D eigenvalue weighted by Gasteiger charge is -2.24. The van der Waals surface area contributed by atoms with Crippen LogP contribution in [0.4, 0.5) is 0 Å². The Labute approximate surface area is 130 Å². The van der Waals surface area contributed by atoms with Gasteiger partial charge in [0.05, 0.1) is 23.6 Å². The van der Waals surface area contributed by atoms with Crippen molar-refractivity contribution in [3.05, 3.63) is 42.1 Å². The quantitative estimate of drug-likeness (QED) is 0.923. The summed E-state index contributed by atoms with van der Waals surface area (Å²) in [4.78, 5) is 14.7. The highest BCUT2D eigenvalue weighted by Crippen LogP contribution is 2.23. The van der Waals surface area contributed by atoms with Gasteiger partial charge < -0.3 is 9.64 Å². The van der Waals surface area contributed by atoms with E-state index in [0.717, 1.165) is 30.7 Å². The number of ether oxygens (including phenoxy) is 1. The van der Waals surface area contributed by atoms with Gasteiger partial charge in [-0.3, -0.25) is 9.89 Å². The van der Waals surface area contributed by atoms with Gasteiger partial charge in [-0.2, -0.15) is 5.10 Å². The minimum atomic E-state index is 0.00519. The number of amides is 1. The predicted molar refractivity (Wildman–Crippen MR) is 84.6 cm³/mol. The van der Waals surface area contributed by atoms with Gasteiger partial charge in [0.1, 0.15) is 0 Å². The van der Waals surface area contributed by atoms with Crippen LogP contribution in [0.2, 0.25) is 0 Å². The fourth-order valence-electron chi connectivity index (χ4n) is 2.83. The second kappa shape index (κ2) is 6.75. The molecule has 5 heteroatoms. The average Bonchev–Trinajstić information content (AvgIpc) is 3.24. The summed E-state index contributed by atoms with van der Waals surface area (Å²) < 4.78 is 5.65. The lowest BCUT2D eigenvalue weighted by Crippen LogP contribution is -2.37. The molecular weight excluding hydrogens is 278 g/mol. The van der Waals surface area contributed by atoms with E-state index in [2.05, 4.69) is 10.2 Å². The van der Waals surface area contributed by atoms with Gasteiger partial charge in [-0.1, -0.05) is 30.3 Å². The van der Waals surface area contributed by atoms with Crippen LogP contribution in [0.1, 0.15) is 30.1 Å². The van der Waals surface area contributed by atoms with Crippen molar-refractivity contribution in [2.24, 2.45) is 0 Å². The maximum Gasteiger partial charge on any atom is 0.257 e. The smallest absolute Gasteiger partial charge is 0.257 e. The fraction of sp³-hybridized carbons (Fsp3) is 0.412. The first-order valence-corrected chi connectivity index (χ1v) is 7.79. The minimum Gasteiger partial charge on any atom is -0.376 e. The van der Waals surface area contributed by atoms with E-state index in [-0.39, 0.29) is 12.0 Å². The Balaban J connectivity index is 1.80. The molecule has 1 aromatic heterocycles. The number of nitrogens with zero attached hydrogens (tertiary/aromatic N) is 2. The predicted octanol–water partition coefficient (Wildman–Crippen LogP) is 2.72. The molecule has 2 heterocycles. The molecule has 0 aliphatic carbocycles. The number of carbonyl (C=O) groups is 1. The first kappa shape index (κ1) is 14.8. The lowest BCUT2D eigenvalue weighted by molar-refractivity contribution is 0.0540. The number of nitrogens with one attached hydrogen (secondary N) is 1. The van der Waals surface area contributed by atoms with Crippen molar-refractivity contribution in [2.45, 2.75) is 25.9 Å². The third-order valence-electron chi connectivity index (χ3n) is 4.05. The summed E-state index contributed by atoms with van der Waals surface area (Å²) in [6.07, 6.45) is 3.89. The van der Waals surface area contributed by atoms with Crippen LogP contribution in [0.25, 0.3) is 11.3 Å². The van der Waals surface area contributed by atoms with Crippen molar-refractivity contribution in [2.75, 3.05) is 19.7 Å². The number of rotatable bonds is 5. The first-order chi connectivity index (χ1) is 10.8. The molecule has 1 aliphatic heterocycles. The van der Waals surface area contributed by atoms with Gasteiger partial charge in [0, 0.05) is 25.3 Å². The second-order valence-electron chi connectivity index (χ2n) is 5.50. The number of aromatic nitrogens is 2. The topological polar surface area (TPSA) is 58.2 Å². The summed E-state index contributed by atoms with van der Waals surface area (Å²) in [5.74, 6) is 0.00519. The molecule has 1 N–H and O–H groups in total. The van der Waals surface area contributed by atoms with E-state index < -0.39 is 0 Å². The van der Waals surface area contributed by atoms with Crippen molar-refractivity contribution in [3.8, 4) is 11.3 Å². The number of hydrogen-bond acceptors (Lipinski definition) is 3. The van der Waals surface area contributed by atoms with Crippen molar-refractivity contribution in [1.82, 2.24) is 15.1 Å². The molecule has 2 aromatic rings. The van der Waals surface area contributed by atoms with E-state index >= 15 is 0 Å². The van der Waals surface area contributed by atoms with Gasteiger partial charge in [0.2, 0.25) is 0 Å². The van der Waals surface area contributed by atoms with Gasteiger partial charge >= 0.3 is 0 Å². The number of hydrogen-bond donors (Lipinski definition) is 1. The standard InChI is InChI=1S/C17H21N3O2/c1-2-20(12-14-9-6-10-22-14)17(21)15-11-18-19-16(15)13-7-4-3-5-8-13/h3-5,7-8,11,14H,2,6,9-10,12H2,1H3,(H,18,19). The van der Waals surface area contributed by atoms with Crippen LogP contribution in [0.5, 0.6) is 0 Å². The monoisotopic (exact) mass is 299 g/mol. The fourth-order valence-corrected chi connectivity index (χ4v) is 2.83.